The number of rotatable bonds is 4. The molecule has 7 heteroatoms. The monoisotopic (exact) mass is 362 g/mol. The van der Waals surface area contributed by atoms with Crippen molar-refractivity contribution < 1.29 is 0 Å². The first kappa shape index (κ1) is 16.2. The van der Waals surface area contributed by atoms with E-state index in [0.717, 1.165) is 22.5 Å². The quantitative estimate of drug-likeness (QED) is 0.516. The van der Waals surface area contributed by atoms with Gasteiger partial charge in [0, 0.05) is 5.56 Å². The molecule has 0 unspecified atom stereocenters. The smallest absolute Gasteiger partial charge is 0.184 e. The Kier molecular flexibility index (Phi) is 4.33. The fourth-order valence-electron chi connectivity index (χ4n) is 2.61. The third-order valence-electron chi connectivity index (χ3n) is 3.92. The van der Waals surface area contributed by atoms with E-state index in [4.69, 9.17) is 11.6 Å². The van der Waals surface area contributed by atoms with Gasteiger partial charge in [0.25, 0.3) is 0 Å². The van der Waals surface area contributed by atoms with E-state index in [-0.39, 0.29) is 0 Å². The fraction of sp³-hybridized carbons (Fsp3) is 0.0526. The zero-order valence-electron chi connectivity index (χ0n) is 14.0. The van der Waals surface area contributed by atoms with Gasteiger partial charge in [-0.25, -0.2) is 4.68 Å². The highest BCUT2D eigenvalue weighted by Gasteiger charge is 2.13. The Bertz CT molecular complexity index is 1050. The fourth-order valence-corrected chi connectivity index (χ4v) is 2.93. The van der Waals surface area contributed by atoms with Crippen molar-refractivity contribution >= 4 is 17.8 Å². The molecule has 4 rings (SSSR count). The minimum atomic E-state index is 0.506. The highest BCUT2D eigenvalue weighted by Crippen LogP contribution is 2.22. The van der Waals surface area contributed by atoms with Gasteiger partial charge in [-0.1, -0.05) is 60.1 Å². The zero-order valence-corrected chi connectivity index (χ0v) is 14.7. The van der Waals surface area contributed by atoms with Crippen molar-refractivity contribution in [2.75, 3.05) is 0 Å². The highest BCUT2D eigenvalue weighted by atomic mass is 35.5. The first-order valence-corrected chi connectivity index (χ1v) is 8.42. The Morgan fingerprint density at radius 2 is 1.69 bits per heavy atom. The van der Waals surface area contributed by atoms with Crippen molar-refractivity contribution in [3.05, 3.63) is 83.4 Å². The molecule has 2 aromatic carbocycles. The number of hydrogen-bond donors (Lipinski definition) is 0. The molecule has 0 N–H and O–H groups in total. The number of aromatic nitrogens is 5. The van der Waals surface area contributed by atoms with Gasteiger partial charge in [0.2, 0.25) is 0 Å². The van der Waals surface area contributed by atoms with E-state index in [1.165, 1.54) is 0 Å². The molecule has 26 heavy (non-hydrogen) atoms. The van der Waals surface area contributed by atoms with Crippen LogP contribution in [0.15, 0.2) is 72.1 Å². The highest BCUT2D eigenvalue weighted by molar-refractivity contribution is 6.32. The molecule has 0 atom stereocenters. The number of aryl methyl sites for hydroxylation is 1. The molecule has 0 amide bonds. The molecule has 0 bridgehead atoms. The van der Waals surface area contributed by atoms with Crippen LogP contribution in [0.25, 0.3) is 17.1 Å². The van der Waals surface area contributed by atoms with Crippen molar-refractivity contribution in [1.29, 1.82) is 0 Å². The van der Waals surface area contributed by atoms with Gasteiger partial charge in [-0.15, -0.1) is 10.2 Å². The molecule has 0 saturated carbocycles. The lowest BCUT2D eigenvalue weighted by Crippen LogP contribution is -1.96. The van der Waals surface area contributed by atoms with E-state index in [0.29, 0.717) is 11.0 Å². The standard InChI is InChI=1S/C19H15ClN6/c1-14-17(18(20)26(24-14)16-10-6-3-7-11-16)12-22-25-13-21-23-19(25)15-8-4-2-5-9-15/h2-13H,1H3/b22-12-. The molecule has 4 aromatic rings. The van der Waals surface area contributed by atoms with Crippen LogP contribution >= 0.6 is 11.6 Å². The van der Waals surface area contributed by atoms with Gasteiger partial charge in [-0.2, -0.15) is 14.9 Å². The summed E-state index contributed by atoms with van der Waals surface area (Å²) in [7, 11) is 0. The molecule has 2 aromatic heterocycles. The molecule has 2 heterocycles. The van der Waals surface area contributed by atoms with Crippen molar-refractivity contribution in [3.63, 3.8) is 0 Å². The summed E-state index contributed by atoms with van der Waals surface area (Å²) in [4.78, 5) is 0. The molecule has 6 nitrogen and oxygen atoms in total. The molecule has 128 valence electrons. The summed E-state index contributed by atoms with van der Waals surface area (Å²) >= 11 is 6.53. The van der Waals surface area contributed by atoms with Crippen molar-refractivity contribution in [2.24, 2.45) is 5.10 Å². The first-order valence-electron chi connectivity index (χ1n) is 8.04. The van der Waals surface area contributed by atoms with Crippen molar-refractivity contribution in [1.82, 2.24) is 24.7 Å². The van der Waals surface area contributed by atoms with E-state index in [1.54, 1.807) is 21.9 Å². The van der Waals surface area contributed by atoms with Crippen LogP contribution in [0, 0.1) is 6.92 Å². The van der Waals surface area contributed by atoms with E-state index in [2.05, 4.69) is 20.4 Å². The van der Waals surface area contributed by atoms with Gasteiger partial charge in [-0.05, 0) is 19.1 Å². The topological polar surface area (TPSA) is 60.9 Å². The first-order chi connectivity index (χ1) is 12.7. The minimum absolute atomic E-state index is 0.506. The van der Waals surface area contributed by atoms with Gasteiger partial charge < -0.3 is 0 Å². The molecule has 0 fully saturated rings. The average molecular weight is 363 g/mol. The van der Waals surface area contributed by atoms with Crippen LogP contribution in [-0.4, -0.2) is 30.9 Å². The summed E-state index contributed by atoms with van der Waals surface area (Å²) < 4.78 is 3.31. The normalized spacial score (nSPS) is 11.3. The summed E-state index contributed by atoms with van der Waals surface area (Å²) in [6.07, 6.45) is 3.24. The Morgan fingerprint density at radius 1 is 1.00 bits per heavy atom. The van der Waals surface area contributed by atoms with E-state index >= 15 is 0 Å². The van der Waals surface area contributed by atoms with Crippen LogP contribution < -0.4 is 0 Å². The van der Waals surface area contributed by atoms with Gasteiger partial charge in [-0.3, -0.25) is 0 Å². The molecule has 0 aliphatic rings. The van der Waals surface area contributed by atoms with Crippen LogP contribution in [0.5, 0.6) is 0 Å². The molecular formula is C19H15ClN6. The van der Waals surface area contributed by atoms with E-state index < -0.39 is 0 Å². The summed E-state index contributed by atoms with van der Waals surface area (Å²) in [6.45, 7) is 1.90. The summed E-state index contributed by atoms with van der Waals surface area (Å²) in [6, 6.07) is 19.5. The van der Waals surface area contributed by atoms with Crippen LogP contribution in [-0.2, 0) is 0 Å². The molecular weight excluding hydrogens is 348 g/mol. The SMILES string of the molecule is Cc1nn(-c2ccccc2)c(Cl)c1/C=N\n1cnnc1-c1ccccc1. The van der Waals surface area contributed by atoms with E-state index in [9.17, 15) is 0 Å². The largest absolute Gasteiger partial charge is 0.221 e. The lowest BCUT2D eigenvalue weighted by atomic mass is 10.2. The second-order valence-electron chi connectivity index (χ2n) is 5.65. The maximum atomic E-state index is 6.53. The van der Waals surface area contributed by atoms with E-state index in [1.807, 2.05) is 67.6 Å². The molecule has 0 saturated heterocycles. The van der Waals surface area contributed by atoms with Gasteiger partial charge in [0.1, 0.15) is 11.5 Å². The lowest BCUT2D eigenvalue weighted by molar-refractivity contribution is 0.863. The van der Waals surface area contributed by atoms with Crippen LogP contribution in [0.2, 0.25) is 5.15 Å². The number of para-hydroxylation sites is 1. The second-order valence-corrected chi connectivity index (χ2v) is 6.00. The average Bonchev–Trinajstić information content (AvgIpc) is 3.26. The number of benzene rings is 2. The molecule has 0 aliphatic heterocycles. The van der Waals surface area contributed by atoms with Gasteiger partial charge in [0.15, 0.2) is 5.82 Å². The maximum Gasteiger partial charge on any atom is 0.184 e. The third-order valence-corrected chi connectivity index (χ3v) is 4.29. The molecule has 0 radical (unpaired) electrons. The lowest BCUT2D eigenvalue weighted by Gasteiger charge is -2.02. The van der Waals surface area contributed by atoms with Crippen LogP contribution in [0.4, 0.5) is 0 Å². The third kappa shape index (κ3) is 3.02. The molecule has 0 aliphatic carbocycles. The minimum Gasteiger partial charge on any atom is -0.221 e. The van der Waals surface area contributed by atoms with Crippen LogP contribution in [0.3, 0.4) is 0 Å². The Morgan fingerprint density at radius 3 is 2.42 bits per heavy atom. The van der Waals surface area contributed by atoms with Crippen molar-refractivity contribution in [2.45, 2.75) is 6.92 Å². The Labute approximate surface area is 155 Å². The summed E-state index contributed by atoms with van der Waals surface area (Å²) in [5, 5.41) is 17.6. The predicted octanol–water partition coefficient (Wildman–Crippen LogP) is 3.97. The van der Waals surface area contributed by atoms with Crippen LogP contribution in [0.1, 0.15) is 11.3 Å². The maximum absolute atomic E-state index is 6.53. The summed E-state index contributed by atoms with van der Waals surface area (Å²) in [5.74, 6) is 0.658. The van der Waals surface area contributed by atoms with Crippen molar-refractivity contribution in [3.8, 4) is 17.1 Å². The second kappa shape index (κ2) is 6.93. The molecule has 0 spiro atoms. The predicted molar refractivity (Wildman–Crippen MR) is 102 cm³/mol. The Hall–Kier alpha value is -3.25. The number of nitrogens with zero attached hydrogens (tertiary/aromatic N) is 6. The zero-order chi connectivity index (χ0) is 17.9. The van der Waals surface area contributed by atoms with Gasteiger partial charge in [0.05, 0.1) is 23.2 Å². The van der Waals surface area contributed by atoms with Gasteiger partial charge >= 0.3 is 0 Å². The Balaban J connectivity index is 1.69. The number of hydrogen-bond acceptors (Lipinski definition) is 4. The summed E-state index contributed by atoms with van der Waals surface area (Å²) in [5.41, 5.74) is 3.37. The number of halogens is 1.